The lowest BCUT2D eigenvalue weighted by molar-refractivity contribution is -0.152. The first kappa shape index (κ1) is 25.4. The summed E-state index contributed by atoms with van der Waals surface area (Å²) in [6, 6.07) is 14.0. The molecule has 0 spiro atoms. The van der Waals surface area contributed by atoms with Crippen molar-refractivity contribution in [2.24, 2.45) is 0 Å². The van der Waals surface area contributed by atoms with Gasteiger partial charge in [0.2, 0.25) is 11.2 Å². The minimum atomic E-state index is -4.90. The van der Waals surface area contributed by atoms with Gasteiger partial charge in [-0.25, -0.2) is 0 Å². The van der Waals surface area contributed by atoms with Crippen molar-refractivity contribution in [2.45, 2.75) is 19.1 Å². The van der Waals surface area contributed by atoms with Gasteiger partial charge in [-0.1, -0.05) is 41.4 Å². The van der Waals surface area contributed by atoms with Crippen molar-refractivity contribution in [3.05, 3.63) is 91.8 Å². The molecule has 0 aliphatic carbocycles. The van der Waals surface area contributed by atoms with Crippen LogP contribution in [-0.4, -0.2) is 25.3 Å². The second-order valence-corrected chi connectivity index (χ2v) is 9.44. The van der Waals surface area contributed by atoms with Gasteiger partial charge in [-0.15, -0.1) is 0 Å². The lowest BCUT2D eigenvalue weighted by atomic mass is 9.99. The number of ether oxygens (including phenoxy) is 2. The number of halogens is 5. The predicted octanol–water partition coefficient (Wildman–Crippen LogP) is 7.19. The highest BCUT2D eigenvalue weighted by molar-refractivity contribution is 6.35. The summed E-state index contributed by atoms with van der Waals surface area (Å²) in [7, 11) is 1.44. The molecule has 1 aliphatic heterocycles. The molecule has 3 aromatic carbocycles. The molecule has 0 N–H and O–H groups in total. The van der Waals surface area contributed by atoms with Gasteiger partial charge in [0.05, 0.1) is 23.6 Å². The molecule has 37 heavy (non-hydrogen) atoms. The minimum absolute atomic E-state index is 0.0452. The third kappa shape index (κ3) is 5.01. The van der Waals surface area contributed by atoms with E-state index in [0.717, 1.165) is 5.56 Å². The number of rotatable bonds is 5. The summed E-state index contributed by atoms with van der Waals surface area (Å²) in [5.41, 5.74) is -0.111. The van der Waals surface area contributed by atoms with Crippen molar-refractivity contribution in [1.29, 1.82) is 0 Å². The van der Waals surface area contributed by atoms with Gasteiger partial charge < -0.3 is 13.9 Å². The molecule has 4 aromatic rings. The van der Waals surface area contributed by atoms with E-state index in [-0.39, 0.29) is 29.8 Å². The van der Waals surface area contributed by atoms with Crippen molar-refractivity contribution >= 4 is 34.2 Å². The summed E-state index contributed by atoms with van der Waals surface area (Å²) in [4.78, 5) is 15.3. The predicted molar refractivity (Wildman–Crippen MR) is 136 cm³/mol. The van der Waals surface area contributed by atoms with Crippen LogP contribution in [0.1, 0.15) is 16.9 Å². The maximum absolute atomic E-state index is 14.1. The molecule has 2 heterocycles. The molecule has 5 nitrogen and oxygen atoms in total. The molecule has 0 fully saturated rings. The van der Waals surface area contributed by atoms with Crippen molar-refractivity contribution in [2.75, 3.05) is 20.4 Å². The van der Waals surface area contributed by atoms with Crippen LogP contribution in [0.3, 0.4) is 0 Å². The van der Waals surface area contributed by atoms with E-state index in [4.69, 9.17) is 37.1 Å². The Morgan fingerprint density at radius 2 is 1.81 bits per heavy atom. The highest BCUT2D eigenvalue weighted by atomic mass is 35.5. The average Bonchev–Trinajstić information content (AvgIpc) is 2.87. The standard InChI is InChI=1S/C27H20Cl2F3NO4/c1-35-18-6-3-16(4-7-18)23-24(34)19-8-9-22-20(25(19)37-26(23)27(30,31)32)13-33(14-36-22)11-10-15-2-5-17(28)12-21(15)29/h2-9,12H,10-11,13-14H2,1H3. The fourth-order valence-electron chi connectivity index (χ4n) is 4.38. The largest absolute Gasteiger partial charge is 0.497 e. The highest BCUT2D eigenvalue weighted by Gasteiger charge is 2.40. The molecular formula is C27H20Cl2F3NO4. The maximum atomic E-state index is 14.1. The van der Waals surface area contributed by atoms with Crippen LogP contribution in [0.4, 0.5) is 13.2 Å². The van der Waals surface area contributed by atoms with E-state index < -0.39 is 22.9 Å². The second kappa shape index (κ2) is 9.93. The zero-order valence-corrected chi connectivity index (χ0v) is 21.0. The topological polar surface area (TPSA) is 51.9 Å². The van der Waals surface area contributed by atoms with Crippen molar-refractivity contribution < 1.29 is 27.1 Å². The third-order valence-corrected chi connectivity index (χ3v) is 6.84. The van der Waals surface area contributed by atoms with Crippen molar-refractivity contribution in [3.8, 4) is 22.6 Å². The van der Waals surface area contributed by atoms with Crippen LogP contribution in [0.15, 0.2) is 63.8 Å². The minimum Gasteiger partial charge on any atom is -0.497 e. The molecule has 0 atom stereocenters. The summed E-state index contributed by atoms with van der Waals surface area (Å²) in [5, 5.41) is 1.10. The van der Waals surface area contributed by atoms with E-state index in [1.54, 1.807) is 18.2 Å². The quantitative estimate of drug-likeness (QED) is 0.263. The summed E-state index contributed by atoms with van der Waals surface area (Å²) in [6.07, 6.45) is -4.33. The zero-order valence-electron chi connectivity index (χ0n) is 19.5. The number of benzene rings is 3. The molecule has 0 bridgehead atoms. The average molecular weight is 550 g/mol. The van der Waals surface area contributed by atoms with Gasteiger partial charge in [-0.3, -0.25) is 9.69 Å². The van der Waals surface area contributed by atoms with Crippen LogP contribution < -0.4 is 14.9 Å². The molecule has 0 unspecified atom stereocenters. The van der Waals surface area contributed by atoms with Crippen LogP contribution in [0, 0.1) is 0 Å². The molecule has 192 valence electrons. The van der Waals surface area contributed by atoms with Crippen LogP contribution in [0.25, 0.3) is 22.1 Å². The van der Waals surface area contributed by atoms with Crippen LogP contribution in [-0.2, 0) is 19.1 Å². The van der Waals surface area contributed by atoms with Crippen molar-refractivity contribution in [3.63, 3.8) is 0 Å². The normalized spacial score (nSPS) is 13.9. The zero-order chi connectivity index (χ0) is 26.3. The molecule has 0 saturated heterocycles. The maximum Gasteiger partial charge on any atom is 0.450 e. The fourth-order valence-corrected chi connectivity index (χ4v) is 4.88. The van der Waals surface area contributed by atoms with Gasteiger partial charge in [-0.2, -0.15) is 13.2 Å². The van der Waals surface area contributed by atoms with E-state index in [2.05, 4.69) is 0 Å². The molecule has 0 radical (unpaired) electrons. The Kier molecular flexibility index (Phi) is 6.83. The molecular weight excluding hydrogens is 530 g/mol. The Hall–Kier alpha value is -3.20. The lowest BCUT2D eigenvalue weighted by Crippen LogP contribution is -2.34. The number of hydrogen-bond acceptors (Lipinski definition) is 5. The van der Waals surface area contributed by atoms with Gasteiger partial charge >= 0.3 is 6.18 Å². The number of nitrogens with zero attached hydrogens (tertiary/aromatic N) is 1. The van der Waals surface area contributed by atoms with Crippen LogP contribution >= 0.6 is 23.2 Å². The van der Waals surface area contributed by atoms with E-state index in [0.29, 0.717) is 40.1 Å². The van der Waals surface area contributed by atoms with E-state index in [9.17, 15) is 18.0 Å². The Morgan fingerprint density at radius 1 is 1.05 bits per heavy atom. The van der Waals surface area contributed by atoms with Crippen LogP contribution in [0.2, 0.25) is 10.0 Å². The van der Waals surface area contributed by atoms with E-state index >= 15 is 0 Å². The first-order chi connectivity index (χ1) is 17.7. The first-order valence-corrected chi connectivity index (χ1v) is 12.0. The smallest absolute Gasteiger partial charge is 0.450 e. The van der Waals surface area contributed by atoms with Crippen LogP contribution in [0.5, 0.6) is 11.5 Å². The Labute approximate surface area is 219 Å². The number of hydrogen-bond donors (Lipinski definition) is 0. The molecule has 10 heteroatoms. The van der Waals surface area contributed by atoms with Gasteiger partial charge in [0.25, 0.3) is 0 Å². The molecule has 1 aromatic heterocycles. The molecule has 5 rings (SSSR count). The lowest BCUT2D eigenvalue weighted by Gasteiger charge is -2.29. The summed E-state index contributed by atoms with van der Waals surface area (Å²) >= 11 is 12.2. The second-order valence-electron chi connectivity index (χ2n) is 8.59. The Morgan fingerprint density at radius 3 is 2.49 bits per heavy atom. The summed E-state index contributed by atoms with van der Waals surface area (Å²) in [5.74, 6) is -0.524. The number of fused-ring (bicyclic) bond motifs is 3. The van der Waals surface area contributed by atoms with E-state index in [1.807, 2.05) is 11.0 Å². The number of alkyl halides is 3. The Balaban J connectivity index is 1.55. The number of methoxy groups -OCH3 is 1. The third-order valence-electron chi connectivity index (χ3n) is 6.25. The van der Waals surface area contributed by atoms with Gasteiger partial charge in [0.1, 0.15) is 23.8 Å². The fraction of sp³-hybridized carbons (Fsp3) is 0.222. The van der Waals surface area contributed by atoms with Gasteiger partial charge in [-0.05, 0) is 53.9 Å². The first-order valence-electron chi connectivity index (χ1n) is 11.3. The summed E-state index contributed by atoms with van der Waals surface area (Å²) in [6.45, 7) is 0.974. The van der Waals surface area contributed by atoms with Crippen molar-refractivity contribution in [1.82, 2.24) is 4.90 Å². The monoisotopic (exact) mass is 549 g/mol. The highest BCUT2D eigenvalue weighted by Crippen LogP contribution is 2.40. The molecule has 0 amide bonds. The Bertz CT molecular complexity index is 1530. The van der Waals surface area contributed by atoms with Gasteiger partial charge in [0, 0.05) is 23.1 Å². The summed E-state index contributed by atoms with van der Waals surface area (Å²) < 4.78 is 58.8. The molecule has 0 saturated carbocycles. The SMILES string of the molecule is COc1ccc(-c2c(C(F)(F)F)oc3c4c(ccc3c2=O)OCN(CCc2ccc(Cl)cc2Cl)C4)cc1. The van der Waals surface area contributed by atoms with Gasteiger partial charge in [0.15, 0.2) is 0 Å². The van der Waals surface area contributed by atoms with E-state index in [1.165, 1.54) is 37.4 Å². The molecule has 1 aliphatic rings.